The van der Waals surface area contributed by atoms with E-state index in [1.54, 1.807) is 4.41 Å². The molecular weight excluding hydrogens is 144 g/mol. The summed E-state index contributed by atoms with van der Waals surface area (Å²) in [6.07, 6.45) is 1.94. The van der Waals surface area contributed by atoms with Gasteiger partial charge in [-0.1, -0.05) is 18.2 Å². The number of hydrogen-bond acceptors (Lipinski definition) is 3. The molecule has 0 atom stereocenters. The molecule has 3 heteroatoms. The summed E-state index contributed by atoms with van der Waals surface area (Å²) in [6.45, 7) is 0. The molecule has 2 N–H and O–H groups in total. The van der Waals surface area contributed by atoms with Gasteiger partial charge in [-0.05, 0) is 24.1 Å². The lowest BCUT2D eigenvalue weighted by Gasteiger charge is -2.13. The van der Waals surface area contributed by atoms with Crippen LogP contribution < -0.4 is 10.3 Å². The first kappa shape index (κ1) is 7.44. The smallest absolute Gasteiger partial charge is 0.0644 e. The van der Waals surface area contributed by atoms with Crippen molar-refractivity contribution in [3.8, 4) is 0 Å². The fraction of sp³-hybridized carbons (Fsp3) is 0.143. The van der Waals surface area contributed by atoms with E-state index in [-0.39, 0.29) is 0 Å². The predicted molar refractivity (Wildman–Crippen MR) is 46.6 cm³/mol. The van der Waals surface area contributed by atoms with Crippen molar-refractivity contribution in [1.82, 2.24) is 0 Å². The van der Waals surface area contributed by atoms with Crippen molar-refractivity contribution in [2.24, 2.45) is 5.84 Å². The Labute approximate surface area is 65.1 Å². The Bertz CT molecular complexity index is 188. The lowest BCUT2D eigenvalue weighted by molar-refractivity contribution is 1.21. The van der Waals surface area contributed by atoms with E-state index < -0.39 is 0 Å². The van der Waals surface area contributed by atoms with E-state index in [1.165, 1.54) is 11.9 Å². The second-order valence-electron chi connectivity index (χ2n) is 1.84. The lowest BCUT2D eigenvalue weighted by Crippen LogP contribution is -2.21. The molecule has 0 aliphatic rings. The molecule has 0 radical (unpaired) electrons. The highest BCUT2D eigenvalue weighted by atomic mass is 32.2. The second kappa shape index (κ2) is 3.49. The molecule has 0 aliphatic heterocycles. The molecule has 1 aromatic rings. The van der Waals surface area contributed by atoms with Gasteiger partial charge in [-0.15, -0.1) is 0 Å². The molecule has 0 unspecified atom stereocenters. The summed E-state index contributed by atoms with van der Waals surface area (Å²) >= 11 is 1.49. The van der Waals surface area contributed by atoms with Crippen LogP contribution in [-0.2, 0) is 0 Å². The van der Waals surface area contributed by atoms with Gasteiger partial charge in [-0.2, -0.15) is 0 Å². The van der Waals surface area contributed by atoms with E-state index in [2.05, 4.69) is 0 Å². The largest absolute Gasteiger partial charge is 0.254 e. The molecular formula is C7H10N2S. The molecule has 0 saturated carbocycles. The zero-order valence-electron chi connectivity index (χ0n) is 5.82. The van der Waals surface area contributed by atoms with Gasteiger partial charge in [0.2, 0.25) is 0 Å². The number of benzene rings is 1. The van der Waals surface area contributed by atoms with Crippen molar-refractivity contribution in [3.05, 3.63) is 30.3 Å². The summed E-state index contributed by atoms with van der Waals surface area (Å²) in [5, 5.41) is 0. The normalized spacial score (nSPS) is 9.40. The number of rotatable bonds is 2. The third-order valence-electron chi connectivity index (χ3n) is 1.21. The molecule has 0 aliphatic carbocycles. The monoisotopic (exact) mass is 154 g/mol. The Morgan fingerprint density at radius 2 is 1.90 bits per heavy atom. The third-order valence-corrected chi connectivity index (χ3v) is 1.81. The van der Waals surface area contributed by atoms with Gasteiger partial charge in [0.25, 0.3) is 0 Å². The summed E-state index contributed by atoms with van der Waals surface area (Å²) < 4.78 is 1.62. The zero-order valence-corrected chi connectivity index (χ0v) is 6.64. The number of nitrogens with two attached hydrogens (primary N) is 1. The Morgan fingerprint density at radius 1 is 1.30 bits per heavy atom. The van der Waals surface area contributed by atoms with E-state index >= 15 is 0 Å². The summed E-state index contributed by atoms with van der Waals surface area (Å²) in [4.78, 5) is 0. The maximum absolute atomic E-state index is 5.59. The van der Waals surface area contributed by atoms with Crippen molar-refractivity contribution in [3.63, 3.8) is 0 Å². The Hall–Kier alpha value is -0.670. The van der Waals surface area contributed by atoms with Gasteiger partial charge in [0, 0.05) is 6.26 Å². The van der Waals surface area contributed by atoms with Gasteiger partial charge in [0.1, 0.15) is 0 Å². The van der Waals surface area contributed by atoms with Crippen LogP contribution in [0, 0.1) is 0 Å². The molecule has 0 heterocycles. The van der Waals surface area contributed by atoms with E-state index in [1.807, 2.05) is 36.6 Å². The first-order chi connectivity index (χ1) is 4.84. The van der Waals surface area contributed by atoms with E-state index in [4.69, 9.17) is 5.84 Å². The first-order valence-corrected chi connectivity index (χ1v) is 4.16. The van der Waals surface area contributed by atoms with Gasteiger partial charge < -0.3 is 0 Å². The highest BCUT2D eigenvalue weighted by Gasteiger charge is 1.94. The van der Waals surface area contributed by atoms with E-state index in [0.29, 0.717) is 0 Å². The number of hydrazine groups is 1. The van der Waals surface area contributed by atoms with E-state index in [9.17, 15) is 0 Å². The average molecular weight is 154 g/mol. The maximum Gasteiger partial charge on any atom is 0.0644 e. The summed E-state index contributed by atoms with van der Waals surface area (Å²) in [6, 6.07) is 9.83. The zero-order chi connectivity index (χ0) is 7.40. The van der Waals surface area contributed by atoms with Crippen molar-refractivity contribution < 1.29 is 0 Å². The van der Waals surface area contributed by atoms with Gasteiger partial charge in [-0.25, -0.2) is 5.84 Å². The Kier molecular flexibility index (Phi) is 2.59. The van der Waals surface area contributed by atoms with Crippen LogP contribution in [0.4, 0.5) is 5.69 Å². The minimum atomic E-state index is 1.02. The second-order valence-corrected chi connectivity index (χ2v) is 2.60. The summed E-state index contributed by atoms with van der Waals surface area (Å²) in [5.41, 5.74) is 1.02. The first-order valence-electron chi connectivity index (χ1n) is 2.98. The van der Waals surface area contributed by atoms with Crippen LogP contribution in [0.15, 0.2) is 30.3 Å². The summed E-state index contributed by atoms with van der Waals surface area (Å²) in [7, 11) is 0. The third kappa shape index (κ3) is 1.65. The predicted octanol–water partition coefficient (Wildman–Crippen LogP) is 1.64. The number of para-hydroxylation sites is 1. The van der Waals surface area contributed by atoms with Crippen molar-refractivity contribution >= 4 is 17.6 Å². The minimum absolute atomic E-state index is 1.02. The highest BCUT2D eigenvalue weighted by molar-refractivity contribution is 7.99. The fourth-order valence-electron chi connectivity index (χ4n) is 0.680. The average Bonchev–Trinajstić information content (AvgIpc) is 2.05. The molecule has 0 fully saturated rings. The standard InChI is InChI=1S/C7H10N2S/c1-10-9(8)7-5-3-2-4-6-7/h2-6H,8H2,1H3. The van der Waals surface area contributed by atoms with Gasteiger partial charge in [0.05, 0.1) is 5.69 Å². The Balaban J connectivity index is 2.75. The SMILES string of the molecule is CSN(N)c1ccccc1. The quantitative estimate of drug-likeness (QED) is 0.399. The minimum Gasteiger partial charge on any atom is -0.254 e. The van der Waals surface area contributed by atoms with Crippen molar-refractivity contribution in [2.45, 2.75) is 0 Å². The molecule has 0 amide bonds. The lowest BCUT2D eigenvalue weighted by atomic mass is 10.3. The number of anilines is 1. The van der Waals surface area contributed by atoms with Gasteiger partial charge in [-0.3, -0.25) is 4.41 Å². The van der Waals surface area contributed by atoms with Crippen molar-refractivity contribution in [1.29, 1.82) is 0 Å². The molecule has 0 aromatic heterocycles. The fourth-order valence-corrected chi connectivity index (χ4v) is 1.01. The van der Waals surface area contributed by atoms with Gasteiger partial charge >= 0.3 is 0 Å². The van der Waals surface area contributed by atoms with E-state index in [0.717, 1.165) is 5.69 Å². The molecule has 0 saturated heterocycles. The molecule has 0 spiro atoms. The number of nitrogens with zero attached hydrogens (tertiary/aromatic N) is 1. The molecule has 10 heavy (non-hydrogen) atoms. The van der Waals surface area contributed by atoms with Crippen molar-refractivity contribution in [2.75, 3.05) is 10.7 Å². The van der Waals surface area contributed by atoms with Crippen LogP contribution in [0.1, 0.15) is 0 Å². The molecule has 0 bridgehead atoms. The van der Waals surface area contributed by atoms with Gasteiger partial charge in [0.15, 0.2) is 0 Å². The van der Waals surface area contributed by atoms with Crippen LogP contribution in [-0.4, -0.2) is 6.26 Å². The topological polar surface area (TPSA) is 29.3 Å². The highest BCUT2D eigenvalue weighted by Crippen LogP contribution is 2.14. The maximum atomic E-state index is 5.59. The summed E-state index contributed by atoms with van der Waals surface area (Å²) in [5.74, 6) is 5.59. The molecule has 54 valence electrons. The van der Waals surface area contributed by atoms with Crippen LogP contribution in [0.5, 0.6) is 0 Å². The Morgan fingerprint density at radius 3 is 2.40 bits per heavy atom. The van der Waals surface area contributed by atoms with Crippen LogP contribution in [0.2, 0.25) is 0 Å². The molecule has 1 aromatic carbocycles. The van der Waals surface area contributed by atoms with Crippen LogP contribution in [0.25, 0.3) is 0 Å². The number of hydrogen-bond donors (Lipinski definition) is 1. The molecule has 1 rings (SSSR count). The van der Waals surface area contributed by atoms with Crippen LogP contribution in [0.3, 0.4) is 0 Å². The van der Waals surface area contributed by atoms with Crippen LogP contribution >= 0.6 is 11.9 Å². The molecule has 2 nitrogen and oxygen atoms in total.